The van der Waals surface area contributed by atoms with Crippen molar-refractivity contribution in [2.75, 3.05) is 33.9 Å². The Labute approximate surface area is 114 Å². The molecule has 0 bridgehead atoms. The van der Waals surface area contributed by atoms with E-state index in [0.29, 0.717) is 29.6 Å². The fourth-order valence-corrected chi connectivity index (χ4v) is 2.47. The number of nitrogens with zero attached hydrogens (tertiary/aromatic N) is 1. The van der Waals surface area contributed by atoms with Gasteiger partial charge in [0.15, 0.2) is 17.3 Å². The Bertz CT molecular complexity index is 459. The average molecular weight is 263 g/mol. The van der Waals surface area contributed by atoms with Gasteiger partial charge < -0.3 is 14.4 Å². The van der Waals surface area contributed by atoms with Gasteiger partial charge in [-0.1, -0.05) is 6.07 Å². The second-order valence-electron chi connectivity index (χ2n) is 5.12. The highest BCUT2D eigenvalue weighted by Crippen LogP contribution is 2.32. The SMILES string of the molecule is COc1cccc(C(C)=O)c1OCC1CCN(C)C1. The number of Topliss-reactive ketones (excluding diaryl/α,β-unsaturated/α-hetero) is 1. The fourth-order valence-electron chi connectivity index (χ4n) is 2.47. The highest BCUT2D eigenvalue weighted by molar-refractivity contribution is 5.97. The van der Waals surface area contributed by atoms with Gasteiger partial charge in [-0.25, -0.2) is 0 Å². The zero-order valence-corrected chi connectivity index (χ0v) is 11.8. The highest BCUT2D eigenvalue weighted by Gasteiger charge is 2.22. The van der Waals surface area contributed by atoms with Crippen LogP contribution < -0.4 is 9.47 Å². The topological polar surface area (TPSA) is 38.8 Å². The minimum absolute atomic E-state index is 0.00237. The molecule has 0 radical (unpaired) electrons. The monoisotopic (exact) mass is 263 g/mol. The number of likely N-dealkylation sites (tertiary alicyclic amines) is 1. The summed E-state index contributed by atoms with van der Waals surface area (Å²) in [5.41, 5.74) is 0.589. The third-order valence-electron chi connectivity index (χ3n) is 3.53. The molecule has 1 atom stereocenters. The van der Waals surface area contributed by atoms with Gasteiger partial charge in [-0.3, -0.25) is 4.79 Å². The smallest absolute Gasteiger partial charge is 0.171 e. The van der Waals surface area contributed by atoms with E-state index in [4.69, 9.17) is 9.47 Å². The predicted molar refractivity (Wildman–Crippen MR) is 74.1 cm³/mol. The van der Waals surface area contributed by atoms with Gasteiger partial charge in [0.1, 0.15) is 0 Å². The Hall–Kier alpha value is -1.55. The van der Waals surface area contributed by atoms with E-state index < -0.39 is 0 Å². The second-order valence-corrected chi connectivity index (χ2v) is 5.12. The first-order valence-corrected chi connectivity index (χ1v) is 6.61. The van der Waals surface area contributed by atoms with E-state index in [0.717, 1.165) is 19.5 Å². The number of carbonyl (C=O) groups is 1. The van der Waals surface area contributed by atoms with E-state index in [-0.39, 0.29) is 5.78 Å². The molecule has 4 nitrogen and oxygen atoms in total. The number of hydrogen-bond acceptors (Lipinski definition) is 4. The molecule has 2 rings (SSSR count). The summed E-state index contributed by atoms with van der Waals surface area (Å²) in [6.07, 6.45) is 1.14. The zero-order valence-electron chi connectivity index (χ0n) is 11.8. The van der Waals surface area contributed by atoms with Gasteiger partial charge in [-0.05, 0) is 39.1 Å². The van der Waals surface area contributed by atoms with Crippen molar-refractivity contribution in [1.82, 2.24) is 4.90 Å². The van der Waals surface area contributed by atoms with Crippen LogP contribution in [0.4, 0.5) is 0 Å². The number of ether oxygens (including phenoxy) is 2. The van der Waals surface area contributed by atoms with Crippen LogP contribution in [-0.4, -0.2) is 44.5 Å². The Morgan fingerprint density at radius 2 is 2.26 bits per heavy atom. The molecule has 0 aromatic heterocycles. The summed E-state index contributed by atoms with van der Waals surface area (Å²) in [4.78, 5) is 13.9. The summed E-state index contributed by atoms with van der Waals surface area (Å²) in [7, 11) is 3.71. The normalized spacial score (nSPS) is 19.4. The van der Waals surface area contributed by atoms with Crippen molar-refractivity contribution in [2.45, 2.75) is 13.3 Å². The summed E-state index contributed by atoms with van der Waals surface area (Å²) in [5, 5.41) is 0. The van der Waals surface area contributed by atoms with Crippen molar-refractivity contribution in [3.63, 3.8) is 0 Å². The van der Waals surface area contributed by atoms with Crippen molar-refractivity contribution in [3.05, 3.63) is 23.8 Å². The minimum Gasteiger partial charge on any atom is -0.493 e. The van der Waals surface area contributed by atoms with Gasteiger partial charge in [0, 0.05) is 12.5 Å². The van der Waals surface area contributed by atoms with Crippen LogP contribution in [0.5, 0.6) is 11.5 Å². The molecule has 0 amide bonds. The van der Waals surface area contributed by atoms with Gasteiger partial charge in [0.2, 0.25) is 0 Å². The Morgan fingerprint density at radius 1 is 1.47 bits per heavy atom. The van der Waals surface area contributed by atoms with Crippen LogP contribution in [0.2, 0.25) is 0 Å². The first kappa shape index (κ1) is 13.9. The molecule has 1 aromatic rings. The van der Waals surface area contributed by atoms with Crippen LogP contribution >= 0.6 is 0 Å². The molecule has 0 N–H and O–H groups in total. The third-order valence-corrected chi connectivity index (χ3v) is 3.53. The number of benzene rings is 1. The fraction of sp³-hybridized carbons (Fsp3) is 0.533. The molecular weight excluding hydrogens is 242 g/mol. The minimum atomic E-state index is -0.00237. The maximum Gasteiger partial charge on any atom is 0.171 e. The molecule has 0 aliphatic carbocycles. The van der Waals surface area contributed by atoms with Gasteiger partial charge >= 0.3 is 0 Å². The number of ketones is 1. The Balaban J connectivity index is 2.11. The summed E-state index contributed by atoms with van der Waals surface area (Å²) in [5.74, 6) is 1.72. The summed E-state index contributed by atoms with van der Waals surface area (Å²) in [6, 6.07) is 5.41. The van der Waals surface area contributed by atoms with Gasteiger partial charge in [-0.2, -0.15) is 0 Å². The number of rotatable bonds is 5. The first-order chi connectivity index (χ1) is 9.11. The molecule has 1 saturated heterocycles. The summed E-state index contributed by atoms with van der Waals surface area (Å²) in [6.45, 7) is 4.33. The molecular formula is C15H21NO3. The molecule has 1 aliphatic heterocycles. The number of hydrogen-bond donors (Lipinski definition) is 0. The van der Waals surface area contributed by atoms with Gasteiger partial charge in [0.05, 0.1) is 19.3 Å². The molecule has 1 unspecified atom stereocenters. The number of methoxy groups -OCH3 is 1. The van der Waals surface area contributed by atoms with Gasteiger partial charge in [0.25, 0.3) is 0 Å². The number of para-hydroxylation sites is 1. The molecule has 1 heterocycles. The molecule has 1 fully saturated rings. The second kappa shape index (κ2) is 6.06. The molecule has 0 saturated carbocycles. The lowest BCUT2D eigenvalue weighted by molar-refractivity contribution is 0.101. The molecule has 0 spiro atoms. The van der Waals surface area contributed by atoms with E-state index in [1.807, 2.05) is 12.1 Å². The molecule has 104 valence electrons. The molecule has 1 aliphatic rings. The van der Waals surface area contributed by atoms with Crippen LogP contribution in [0.1, 0.15) is 23.7 Å². The van der Waals surface area contributed by atoms with Crippen LogP contribution in [0.25, 0.3) is 0 Å². The molecule has 1 aromatic carbocycles. The quantitative estimate of drug-likeness (QED) is 0.764. The van der Waals surface area contributed by atoms with Crippen LogP contribution in [0.3, 0.4) is 0 Å². The van der Waals surface area contributed by atoms with Crippen molar-refractivity contribution < 1.29 is 14.3 Å². The molecule has 19 heavy (non-hydrogen) atoms. The van der Waals surface area contributed by atoms with E-state index in [1.54, 1.807) is 20.1 Å². The van der Waals surface area contributed by atoms with Crippen LogP contribution in [0, 0.1) is 5.92 Å². The van der Waals surface area contributed by atoms with E-state index >= 15 is 0 Å². The molecule has 4 heteroatoms. The van der Waals surface area contributed by atoms with Crippen molar-refractivity contribution in [3.8, 4) is 11.5 Å². The van der Waals surface area contributed by atoms with Crippen LogP contribution in [0.15, 0.2) is 18.2 Å². The largest absolute Gasteiger partial charge is 0.493 e. The summed E-state index contributed by atoms with van der Waals surface area (Å²) >= 11 is 0. The standard InChI is InChI=1S/C15H21NO3/c1-11(17)13-5-4-6-14(18-3)15(13)19-10-12-7-8-16(2)9-12/h4-6,12H,7-10H2,1-3H3. The van der Waals surface area contributed by atoms with Crippen molar-refractivity contribution in [1.29, 1.82) is 0 Å². The van der Waals surface area contributed by atoms with E-state index in [9.17, 15) is 4.79 Å². The third kappa shape index (κ3) is 3.26. The van der Waals surface area contributed by atoms with Crippen LogP contribution in [-0.2, 0) is 0 Å². The summed E-state index contributed by atoms with van der Waals surface area (Å²) < 4.78 is 11.2. The van der Waals surface area contributed by atoms with Crippen molar-refractivity contribution >= 4 is 5.78 Å². The Morgan fingerprint density at radius 3 is 2.84 bits per heavy atom. The predicted octanol–water partition coefficient (Wildman–Crippen LogP) is 2.23. The van der Waals surface area contributed by atoms with Gasteiger partial charge in [-0.15, -0.1) is 0 Å². The number of carbonyl (C=O) groups excluding carboxylic acids is 1. The van der Waals surface area contributed by atoms with E-state index in [1.165, 1.54) is 0 Å². The lowest BCUT2D eigenvalue weighted by atomic mass is 10.1. The average Bonchev–Trinajstić information content (AvgIpc) is 2.81. The Kier molecular flexibility index (Phi) is 4.43. The van der Waals surface area contributed by atoms with E-state index in [2.05, 4.69) is 11.9 Å². The lowest BCUT2D eigenvalue weighted by Crippen LogP contribution is -2.18. The maximum atomic E-state index is 11.6. The first-order valence-electron chi connectivity index (χ1n) is 6.61. The maximum absolute atomic E-state index is 11.6. The highest BCUT2D eigenvalue weighted by atomic mass is 16.5. The van der Waals surface area contributed by atoms with Crippen molar-refractivity contribution in [2.24, 2.45) is 5.92 Å². The lowest BCUT2D eigenvalue weighted by Gasteiger charge is -2.16. The zero-order chi connectivity index (χ0) is 13.8.